The molecule has 1 fully saturated rings. The highest BCUT2D eigenvalue weighted by Crippen LogP contribution is 2.53. The van der Waals surface area contributed by atoms with Crippen molar-refractivity contribution >= 4 is 8.32 Å². The zero-order valence-corrected chi connectivity index (χ0v) is 26.8. The SMILES string of the molecule is CC(C)c1nc2c(c(C3CCCC3)c1C(O)c1ccc(C(F)(F)F)cc1)[C@@H](O[Si](C)(C)C(C)(C)C)CC(C)(C)C2. The van der Waals surface area contributed by atoms with Crippen LogP contribution in [0.4, 0.5) is 13.2 Å². The summed E-state index contributed by atoms with van der Waals surface area (Å²) in [6, 6.07) is 4.98. The van der Waals surface area contributed by atoms with Gasteiger partial charge in [-0.15, -0.1) is 0 Å². The fourth-order valence-electron chi connectivity index (χ4n) is 6.36. The summed E-state index contributed by atoms with van der Waals surface area (Å²) in [4.78, 5) is 5.28. The average Bonchev–Trinajstić information content (AvgIpc) is 3.35. The fraction of sp³-hybridized carbons (Fsp3) is 0.667. The maximum atomic E-state index is 13.3. The molecule has 0 bridgehead atoms. The Morgan fingerprint density at radius 2 is 1.57 bits per heavy atom. The standard InChI is InChI=1S/C33H48F3NO2Si/c1-20(2)29-28(30(38)22-14-16-23(17-15-22)33(34,35)36)26(21-12-10-11-13-21)27-24(37-29)18-32(6,7)19-25(27)39-40(8,9)31(3,4)5/h14-17,20-21,25,30,38H,10-13,18-19H2,1-9H3/t25-,30?/m0/s1. The quantitative estimate of drug-likeness (QED) is 0.349. The lowest BCUT2D eigenvalue weighted by atomic mass is 9.70. The number of fused-ring (bicyclic) bond motifs is 1. The highest BCUT2D eigenvalue weighted by Gasteiger charge is 2.45. The smallest absolute Gasteiger partial charge is 0.410 e. The summed E-state index contributed by atoms with van der Waals surface area (Å²) in [5.74, 6) is 0.328. The van der Waals surface area contributed by atoms with E-state index >= 15 is 0 Å². The number of nitrogens with zero attached hydrogens (tertiary/aromatic N) is 1. The van der Waals surface area contributed by atoms with Crippen molar-refractivity contribution in [1.82, 2.24) is 4.98 Å². The van der Waals surface area contributed by atoms with Gasteiger partial charge in [0, 0.05) is 22.5 Å². The first-order chi connectivity index (χ1) is 18.3. The molecule has 1 heterocycles. The molecule has 0 radical (unpaired) electrons. The second-order valence-electron chi connectivity index (χ2n) is 14.8. The molecule has 4 rings (SSSR count). The van der Waals surface area contributed by atoms with Crippen LogP contribution in [-0.2, 0) is 17.0 Å². The number of hydrogen-bond donors (Lipinski definition) is 1. The fourth-order valence-corrected chi connectivity index (χ4v) is 7.63. The lowest BCUT2D eigenvalue weighted by Crippen LogP contribution is -2.44. The monoisotopic (exact) mass is 575 g/mol. The van der Waals surface area contributed by atoms with E-state index < -0.39 is 26.2 Å². The third-order valence-electron chi connectivity index (χ3n) is 9.51. The van der Waals surface area contributed by atoms with Crippen LogP contribution in [0.15, 0.2) is 24.3 Å². The van der Waals surface area contributed by atoms with E-state index in [0.717, 1.165) is 78.7 Å². The van der Waals surface area contributed by atoms with Gasteiger partial charge in [-0.1, -0.05) is 73.4 Å². The first-order valence-corrected chi connectivity index (χ1v) is 17.8. The van der Waals surface area contributed by atoms with Crippen LogP contribution in [0.2, 0.25) is 18.1 Å². The summed E-state index contributed by atoms with van der Waals surface area (Å²) in [6.45, 7) is 20.1. The normalized spacial score (nSPS) is 21.1. The summed E-state index contributed by atoms with van der Waals surface area (Å²) < 4.78 is 47.1. The number of pyridine rings is 1. The second-order valence-corrected chi connectivity index (χ2v) is 19.5. The number of benzene rings is 1. The van der Waals surface area contributed by atoms with E-state index in [4.69, 9.17) is 9.41 Å². The van der Waals surface area contributed by atoms with E-state index in [2.05, 4.69) is 61.6 Å². The summed E-state index contributed by atoms with van der Waals surface area (Å²) in [5, 5.41) is 12.0. The number of rotatable bonds is 6. The van der Waals surface area contributed by atoms with E-state index in [0.29, 0.717) is 5.56 Å². The van der Waals surface area contributed by atoms with Crippen molar-refractivity contribution in [3.05, 3.63) is 63.5 Å². The first kappa shape index (κ1) is 31.2. The maximum Gasteiger partial charge on any atom is 0.416 e. The van der Waals surface area contributed by atoms with E-state index in [-0.39, 0.29) is 28.4 Å². The molecule has 1 aromatic carbocycles. The molecule has 222 valence electrons. The molecule has 1 saturated carbocycles. The molecule has 2 aliphatic rings. The van der Waals surface area contributed by atoms with Gasteiger partial charge in [0.15, 0.2) is 8.32 Å². The van der Waals surface area contributed by atoms with Crippen LogP contribution < -0.4 is 0 Å². The Labute approximate surface area is 240 Å². The topological polar surface area (TPSA) is 42.4 Å². The highest BCUT2D eigenvalue weighted by molar-refractivity contribution is 6.74. The minimum absolute atomic E-state index is 0.0157. The Bertz CT molecular complexity index is 1210. The predicted molar refractivity (Wildman–Crippen MR) is 158 cm³/mol. The molecule has 2 aliphatic carbocycles. The summed E-state index contributed by atoms with van der Waals surface area (Å²) in [6.07, 6.45) is 0.464. The van der Waals surface area contributed by atoms with E-state index in [1.165, 1.54) is 12.1 Å². The maximum absolute atomic E-state index is 13.3. The molecule has 0 spiro atoms. The van der Waals surface area contributed by atoms with Crippen molar-refractivity contribution in [3.63, 3.8) is 0 Å². The van der Waals surface area contributed by atoms with Crippen molar-refractivity contribution < 1.29 is 22.7 Å². The van der Waals surface area contributed by atoms with Gasteiger partial charge in [0.2, 0.25) is 0 Å². The average molecular weight is 576 g/mol. The van der Waals surface area contributed by atoms with Crippen molar-refractivity contribution in [2.75, 3.05) is 0 Å². The zero-order chi connectivity index (χ0) is 29.8. The van der Waals surface area contributed by atoms with Crippen LogP contribution in [0.1, 0.15) is 144 Å². The van der Waals surface area contributed by atoms with Crippen LogP contribution in [0, 0.1) is 5.41 Å². The molecule has 0 saturated heterocycles. The molecule has 1 N–H and O–H groups in total. The number of hydrogen-bond acceptors (Lipinski definition) is 3. The molecule has 0 amide bonds. The summed E-state index contributed by atoms with van der Waals surface area (Å²) >= 11 is 0. The third kappa shape index (κ3) is 6.22. The largest absolute Gasteiger partial charge is 0.416 e. The Kier molecular flexibility index (Phi) is 8.47. The van der Waals surface area contributed by atoms with Crippen LogP contribution in [-0.4, -0.2) is 18.4 Å². The van der Waals surface area contributed by atoms with Crippen molar-refractivity contribution in [1.29, 1.82) is 0 Å². The van der Waals surface area contributed by atoms with Crippen molar-refractivity contribution in [3.8, 4) is 0 Å². The van der Waals surface area contributed by atoms with Gasteiger partial charge in [0.1, 0.15) is 6.10 Å². The number of halogens is 3. The van der Waals surface area contributed by atoms with Crippen LogP contribution in [0.3, 0.4) is 0 Å². The minimum atomic E-state index is -4.42. The van der Waals surface area contributed by atoms with E-state index in [1.807, 2.05) is 0 Å². The second kappa shape index (κ2) is 10.8. The Morgan fingerprint density at radius 1 is 1.00 bits per heavy atom. The zero-order valence-electron chi connectivity index (χ0n) is 25.8. The van der Waals surface area contributed by atoms with Gasteiger partial charge in [-0.2, -0.15) is 13.2 Å². The van der Waals surface area contributed by atoms with Gasteiger partial charge >= 0.3 is 6.18 Å². The third-order valence-corrected chi connectivity index (χ3v) is 14.0. The molecule has 1 aromatic heterocycles. The molecule has 7 heteroatoms. The van der Waals surface area contributed by atoms with Gasteiger partial charge in [0.25, 0.3) is 0 Å². The lowest BCUT2D eigenvalue weighted by molar-refractivity contribution is -0.137. The molecular formula is C33H48F3NO2Si. The van der Waals surface area contributed by atoms with Crippen molar-refractivity contribution in [2.45, 2.75) is 135 Å². The van der Waals surface area contributed by atoms with Gasteiger partial charge in [-0.25, -0.2) is 0 Å². The van der Waals surface area contributed by atoms with Gasteiger partial charge in [-0.05, 0) is 84.3 Å². The molecule has 3 nitrogen and oxygen atoms in total. The van der Waals surface area contributed by atoms with Crippen LogP contribution >= 0.6 is 0 Å². The van der Waals surface area contributed by atoms with Crippen LogP contribution in [0.5, 0.6) is 0 Å². The van der Waals surface area contributed by atoms with E-state index in [9.17, 15) is 18.3 Å². The highest BCUT2D eigenvalue weighted by atomic mass is 28.4. The number of aliphatic hydroxyl groups is 1. The molecule has 0 aliphatic heterocycles. The molecular weight excluding hydrogens is 527 g/mol. The lowest BCUT2D eigenvalue weighted by Gasteiger charge is -2.45. The molecule has 40 heavy (non-hydrogen) atoms. The number of aliphatic hydroxyl groups excluding tert-OH is 1. The first-order valence-electron chi connectivity index (χ1n) is 14.9. The van der Waals surface area contributed by atoms with Gasteiger partial charge < -0.3 is 9.53 Å². The summed E-state index contributed by atoms with van der Waals surface area (Å²) in [7, 11) is -2.15. The van der Waals surface area contributed by atoms with Gasteiger partial charge in [-0.3, -0.25) is 4.98 Å². The van der Waals surface area contributed by atoms with E-state index in [1.54, 1.807) is 0 Å². The Hall–Kier alpha value is -1.70. The summed E-state index contributed by atoms with van der Waals surface area (Å²) in [5.41, 5.74) is 4.82. The molecule has 2 aromatic rings. The number of aromatic nitrogens is 1. The molecule has 1 unspecified atom stereocenters. The predicted octanol–water partition coefficient (Wildman–Crippen LogP) is 10.00. The minimum Gasteiger partial charge on any atom is -0.410 e. The van der Waals surface area contributed by atoms with Gasteiger partial charge in [0.05, 0.1) is 11.7 Å². The van der Waals surface area contributed by atoms with Crippen molar-refractivity contribution in [2.24, 2.45) is 5.41 Å². The Balaban J connectivity index is 1.97. The number of alkyl halides is 3. The van der Waals surface area contributed by atoms with Crippen LogP contribution in [0.25, 0.3) is 0 Å². The Morgan fingerprint density at radius 3 is 2.08 bits per heavy atom. The molecule has 2 atom stereocenters.